The van der Waals surface area contributed by atoms with Crippen LogP contribution in [0, 0.1) is 11.8 Å². The molecule has 0 amide bonds. The first kappa shape index (κ1) is 16.5. The Hall–Kier alpha value is 0.423. The van der Waals surface area contributed by atoms with Crippen LogP contribution in [0.4, 0.5) is 0 Å². The number of rotatable bonds is 2. The van der Waals surface area contributed by atoms with E-state index in [1.54, 1.807) is 5.57 Å². The molecule has 1 fully saturated rings. The van der Waals surface area contributed by atoms with Crippen LogP contribution < -0.4 is 24.8 Å². The van der Waals surface area contributed by atoms with Crippen molar-refractivity contribution < 1.29 is 48.0 Å². The van der Waals surface area contributed by atoms with Crippen molar-refractivity contribution in [2.75, 3.05) is 0 Å². The van der Waals surface area contributed by atoms with Crippen LogP contribution in [0.2, 0.25) is 3.63 Å². The van der Waals surface area contributed by atoms with Gasteiger partial charge in [-0.15, -0.1) is 0 Å². The molecule has 0 saturated heterocycles. The summed E-state index contributed by atoms with van der Waals surface area (Å²) < 4.78 is 2.88. The predicted octanol–water partition coefficient (Wildman–Crippen LogP) is -1.75. The molecule has 96 valence electrons. The Morgan fingerprint density at radius 1 is 1.11 bits per heavy atom. The third-order valence-electron chi connectivity index (χ3n) is 4.14. The molecule has 3 aliphatic rings. The van der Waals surface area contributed by atoms with Crippen LogP contribution in [0.15, 0.2) is 45.3 Å². The van der Waals surface area contributed by atoms with E-state index in [-0.39, 0.29) is 48.0 Å². The summed E-state index contributed by atoms with van der Waals surface area (Å²) in [7, 11) is 0. The molecule has 3 aliphatic carbocycles. The molecule has 0 aliphatic heterocycles. The van der Waals surface area contributed by atoms with Gasteiger partial charge in [0.1, 0.15) is 0 Å². The second-order valence-electron chi connectivity index (χ2n) is 5.13. The van der Waals surface area contributed by atoms with Gasteiger partial charge in [-0.1, -0.05) is 0 Å². The molecule has 0 radical (unpaired) electrons. The topological polar surface area (TPSA) is 0 Å². The van der Waals surface area contributed by atoms with E-state index in [9.17, 15) is 0 Å². The molecule has 18 heavy (non-hydrogen) atoms. The van der Waals surface area contributed by atoms with Crippen molar-refractivity contribution in [2.24, 2.45) is 11.8 Å². The molecule has 3 heteroatoms. The van der Waals surface area contributed by atoms with Gasteiger partial charge in [0, 0.05) is 0 Å². The second-order valence-corrected chi connectivity index (χ2v) is 9.24. The van der Waals surface area contributed by atoms with Crippen LogP contribution in [-0.2, 0) is 23.2 Å². The van der Waals surface area contributed by atoms with E-state index < -0.39 is 0 Å². The predicted molar refractivity (Wildman–Crippen MR) is 64.7 cm³/mol. The molecule has 0 bridgehead atoms. The molecule has 3 atom stereocenters. The summed E-state index contributed by atoms with van der Waals surface area (Å²) in [5.74, 6) is 1.80. The molecule has 0 nitrogen and oxygen atoms in total. The van der Waals surface area contributed by atoms with Gasteiger partial charge in [-0.3, -0.25) is 0 Å². The zero-order chi connectivity index (χ0) is 11.0. The average molecular weight is 360 g/mol. The van der Waals surface area contributed by atoms with Gasteiger partial charge in [-0.2, -0.15) is 0 Å². The van der Waals surface area contributed by atoms with Crippen molar-refractivity contribution in [3.63, 3.8) is 0 Å². The van der Waals surface area contributed by atoms with Crippen LogP contribution in [0.1, 0.15) is 26.2 Å². The van der Waals surface area contributed by atoms with Crippen molar-refractivity contribution in [3.05, 3.63) is 45.3 Å². The maximum atomic E-state index is 2.50. The molecule has 1 saturated carbocycles. The van der Waals surface area contributed by atoms with Gasteiger partial charge in [0.05, 0.1) is 0 Å². The first-order valence-electron chi connectivity index (χ1n) is 6.32. The Kier molecular flexibility index (Phi) is 6.66. The molecule has 0 spiro atoms. The molecule has 0 aromatic heterocycles. The summed E-state index contributed by atoms with van der Waals surface area (Å²) in [6, 6.07) is 0. The van der Waals surface area contributed by atoms with Crippen molar-refractivity contribution in [3.8, 4) is 0 Å². The number of halogens is 2. The minimum absolute atomic E-state index is 0. The molecule has 0 aromatic carbocycles. The Labute approximate surface area is 134 Å². The quantitative estimate of drug-likeness (QED) is 0.548. The summed E-state index contributed by atoms with van der Waals surface area (Å²) in [6.07, 6.45) is 18.3. The molecular formula is C15H18Cl2Zr. The van der Waals surface area contributed by atoms with Crippen molar-refractivity contribution in [1.82, 2.24) is 0 Å². The van der Waals surface area contributed by atoms with Crippen LogP contribution >= 0.6 is 0 Å². The Bertz CT molecular complexity index is 407. The number of allylic oxidation sites excluding steroid dienone is 8. The van der Waals surface area contributed by atoms with E-state index in [0.717, 1.165) is 15.5 Å². The fourth-order valence-electron chi connectivity index (χ4n) is 3.24. The zero-order valence-electron chi connectivity index (χ0n) is 10.6. The standard InChI is InChI=1S/C10H13.C5H5.2ClH.Zr/c1-8-4-2-5-9-6-3-7-10(8)9;1-2-4-5-3-1;;;/h2,4-6,9-10H,3,7H2,1H3;1-3H,4H2;2*1H;/q;;;;+2/p-2. The van der Waals surface area contributed by atoms with E-state index in [2.05, 4.69) is 43.4 Å². The Morgan fingerprint density at radius 2 is 1.94 bits per heavy atom. The van der Waals surface area contributed by atoms with Gasteiger partial charge in [0.25, 0.3) is 0 Å². The minimum atomic E-state index is -0.302. The fraction of sp³-hybridized carbons (Fsp3) is 0.467. The minimum Gasteiger partial charge on any atom is -1.00 e. The summed E-state index contributed by atoms with van der Waals surface area (Å²) >= 11 is -0.302. The largest absolute Gasteiger partial charge is 1.00 e. The fourth-order valence-corrected chi connectivity index (χ4v) is 7.55. The van der Waals surface area contributed by atoms with Gasteiger partial charge >= 0.3 is 110 Å². The Morgan fingerprint density at radius 3 is 2.67 bits per heavy atom. The number of hydrogen-bond acceptors (Lipinski definition) is 0. The molecule has 3 unspecified atom stereocenters. The van der Waals surface area contributed by atoms with E-state index in [4.69, 9.17) is 0 Å². The first-order valence-corrected chi connectivity index (χ1v) is 8.96. The Balaban J connectivity index is 0.000000810. The zero-order valence-corrected chi connectivity index (χ0v) is 14.5. The van der Waals surface area contributed by atoms with E-state index >= 15 is 0 Å². The SMILES string of the molecule is CC1=CC=CC2[CH]([Zr+2][C]3=CC=CC3)CCC12.[Cl-].[Cl-]. The average Bonchev–Trinajstić information content (AvgIpc) is 2.90. The molecule has 0 heterocycles. The molecular weight excluding hydrogens is 342 g/mol. The van der Waals surface area contributed by atoms with Gasteiger partial charge in [0.2, 0.25) is 0 Å². The first-order chi connectivity index (χ1) is 7.84. The van der Waals surface area contributed by atoms with Crippen LogP contribution in [0.5, 0.6) is 0 Å². The monoisotopic (exact) mass is 358 g/mol. The number of fused-ring (bicyclic) bond motifs is 1. The van der Waals surface area contributed by atoms with Gasteiger partial charge in [-0.25, -0.2) is 0 Å². The van der Waals surface area contributed by atoms with Crippen molar-refractivity contribution in [2.45, 2.75) is 29.8 Å². The summed E-state index contributed by atoms with van der Waals surface area (Å²) in [4.78, 5) is 0. The van der Waals surface area contributed by atoms with Crippen LogP contribution in [-0.4, -0.2) is 0 Å². The van der Waals surface area contributed by atoms with Gasteiger partial charge < -0.3 is 24.8 Å². The van der Waals surface area contributed by atoms with Gasteiger partial charge in [-0.05, 0) is 0 Å². The van der Waals surface area contributed by atoms with Crippen LogP contribution in [0.25, 0.3) is 0 Å². The summed E-state index contributed by atoms with van der Waals surface area (Å²) in [6.45, 7) is 2.32. The van der Waals surface area contributed by atoms with E-state index in [1.807, 2.05) is 3.28 Å². The normalized spacial score (nSPS) is 31.7. The maximum Gasteiger partial charge on any atom is -1.00 e. The van der Waals surface area contributed by atoms with E-state index in [1.165, 1.54) is 19.3 Å². The molecule has 3 rings (SSSR count). The van der Waals surface area contributed by atoms with Crippen LogP contribution in [0.3, 0.4) is 0 Å². The third-order valence-corrected chi connectivity index (χ3v) is 8.53. The van der Waals surface area contributed by atoms with Crippen molar-refractivity contribution in [1.29, 1.82) is 0 Å². The smallest absolute Gasteiger partial charge is 1.00 e. The maximum absolute atomic E-state index is 2.50. The van der Waals surface area contributed by atoms with E-state index in [0.29, 0.717) is 0 Å². The second kappa shape index (κ2) is 7.27. The van der Waals surface area contributed by atoms with Crippen molar-refractivity contribution >= 4 is 0 Å². The molecule has 0 N–H and O–H groups in total. The van der Waals surface area contributed by atoms with Gasteiger partial charge in [0.15, 0.2) is 0 Å². The molecule has 0 aromatic rings. The number of hydrogen-bond donors (Lipinski definition) is 0. The summed E-state index contributed by atoms with van der Waals surface area (Å²) in [5.41, 5.74) is 1.63. The third kappa shape index (κ3) is 3.30. The summed E-state index contributed by atoms with van der Waals surface area (Å²) in [5, 5.41) is 0.